The Labute approximate surface area is 80.7 Å². The van der Waals surface area contributed by atoms with Crippen LogP contribution in [-0.2, 0) is 4.79 Å². The zero-order valence-electron chi connectivity index (χ0n) is 8.76. The van der Waals surface area contributed by atoms with E-state index >= 15 is 0 Å². The average molecular weight is 181 g/mol. The van der Waals surface area contributed by atoms with Crippen molar-refractivity contribution >= 4 is 5.91 Å². The van der Waals surface area contributed by atoms with Gasteiger partial charge in [0.2, 0.25) is 5.91 Å². The number of rotatable bonds is 5. The number of nitrogens with one attached hydrogen (secondary N) is 1. The van der Waals surface area contributed by atoms with Crippen LogP contribution in [0.3, 0.4) is 0 Å². The van der Waals surface area contributed by atoms with E-state index in [1.54, 1.807) is 7.05 Å². The van der Waals surface area contributed by atoms with Crippen LogP contribution >= 0.6 is 0 Å². The Morgan fingerprint density at radius 1 is 1.46 bits per heavy atom. The van der Waals surface area contributed by atoms with Gasteiger partial charge >= 0.3 is 0 Å². The molecule has 0 unspecified atom stereocenters. The van der Waals surface area contributed by atoms with Crippen molar-refractivity contribution in [2.45, 2.75) is 33.1 Å². The molecule has 0 atom stereocenters. The molecule has 0 aromatic rings. The third-order valence-electron chi connectivity index (χ3n) is 1.90. The van der Waals surface area contributed by atoms with Crippen LogP contribution in [0.2, 0.25) is 0 Å². The maximum atomic E-state index is 11.0. The lowest BCUT2D eigenvalue weighted by atomic mass is 10.1. The SMILES string of the molecule is C/C=C\C/C=C(\CC)CC(=O)NC. The van der Waals surface area contributed by atoms with E-state index in [1.807, 2.05) is 13.0 Å². The Morgan fingerprint density at radius 2 is 2.15 bits per heavy atom. The lowest BCUT2D eigenvalue weighted by molar-refractivity contribution is -0.119. The van der Waals surface area contributed by atoms with Gasteiger partial charge in [0.05, 0.1) is 0 Å². The molecule has 13 heavy (non-hydrogen) atoms. The Bertz CT molecular complexity index is 204. The summed E-state index contributed by atoms with van der Waals surface area (Å²) in [5.41, 5.74) is 1.21. The van der Waals surface area contributed by atoms with Gasteiger partial charge in [0, 0.05) is 13.5 Å². The summed E-state index contributed by atoms with van der Waals surface area (Å²) in [6.07, 6.45) is 8.63. The Kier molecular flexibility index (Phi) is 6.98. The van der Waals surface area contributed by atoms with Crippen LogP contribution in [0.15, 0.2) is 23.8 Å². The monoisotopic (exact) mass is 181 g/mol. The van der Waals surface area contributed by atoms with Crippen molar-refractivity contribution in [2.24, 2.45) is 0 Å². The van der Waals surface area contributed by atoms with Gasteiger partial charge in [-0.15, -0.1) is 0 Å². The largest absolute Gasteiger partial charge is 0.359 e. The molecular weight excluding hydrogens is 162 g/mol. The molecule has 0 aromatic heterocycles. The van der Waals surface area contributed by atoms with Crippen LogP contribution in [0.1, 0.15) is 33.1 Å². The first-order valence-electron chi connectivity index (χ1n) is 4.74. The molecule has 0 heterocycles. The molecule has 0 aliphatic heterocycles. The van der Waals surface area contributed by atoms with Crippen LogP contribution in [0, 0.1) is 0 Å². The summed E-state index contributed by atoms with van der Waals surface area (Å²) in [5, 5.41) is 2.62. The molecule has 0 spiro atoms. The second-order valence-electron chi connectivity index (χ2n) is 2.87. The predicted molar refractivity (Wildman–Crippen MR) is 56.5 cm³/mol. The van der Waals surface area contributed by atoms with Crippen molar-refractivity contribution in [3.05, 3.63) is 23.8 Å². The summed E-state index contributed by atoms with van der Waals surface area (Å²) in [4.78, 5) is 11.0. The summed E-state index contributed by atoms with van der Waals surface area (Å²) in [7, 11) is 1.67. The number of hydrogen-bond donors (Lipinski definition) is 1. The lowest BCUT2D eigenvalue weighted by Crippen LogP contribution is -2.17. The van der Waals surface area contributed by atoms with Gasteiger partial charge in [0.1, 0.15) is 0 Å². The predicted octanol–water partition coefficient (Wildman–Crippen LogP) is 2.43. The number of amides is 1. The average Bonchev–Trinajstić information content (AvgIpc) is 2.16. The first-order valence-corrected chi connectivity index (χ1v) is 4.74. The normalized spacial score (nSPS) is 12.1. The summed E-state index contributed by atoms with van der Waals surface area (Å²) >= 11 is 0. The van der Waals surface area contributed by atoms with Gasteiger partial charge in [-0.2, -0.15) is 0 Å². The Hall–Kier alpha value is -1.05. The van der Waals surface area contributed by atoms with Gasteiger partial charge in [-0.1, -0.05) is 30.7 Å². The van der Waals surface area contributed by atoms with Gasteiger partial charge in [0.15, 0.2) is 0 Å². The van der Waals surface area contributed by atoms with Gasteiger partial charge in [-0.05, 0) is 19.8 Å². The van der Waals surface area contributed by atoms with Crippen LogP contribution in [-0.4, -0.2) is 13.0 Å². The van der Waals surface area contributed by atoms with Crippen molar-refractivity contribution < 1.29 is 4.79 Å². The molecule has 0 saturated carbocycles. The molecule has 0 aliphatic rings. The quantitative estimate of drug-likeness (QED) is 0.648. The molecule has 1 amide bonds. The summed E-state index contributed by atoms with van der Waals surface area (Å²) in [6.45, 7) is 4.07. The van der Waals surface area contributed by atoms with Gasteiger partial charge in [0.25, 0.3) is 0 Å². The molecule has 74 valence electrons. The van der Waals surface area contributed by atoms with E-state index in [9.17, 15) is 4.79 Å². The maximum Gasteiger partial charge on any atom is 0.223 e. The molecule has 0 aromatic carbocycles. The smallest absolute Gasteiger partial charge is 0.223 e. The molecule has 2 nitrogen and oxygen atoms in total. The van der Waals surface area contributed by atoms with Crippen molar-refractivity contribution in [1.82, 2.24) is 5.32 Å². The minimum absolute atomic E-state index is 0.0913. The Balaban J connectivity index is 4.00. The second-order valence-corrected chi connectivity index (χ2v) is 2.87. The standard InChI is InChI=1S/C11H19NO/c1-4-6-7-8-10(5-2)9-11(13)12-3/h4,6,8H,5,7,9H2,1-3H3,(H,12,13)/b6-4-,10-8+. The van der Waals surface area contributed by atoms with E-state index in [1.165, 1.54) is 5.57 Å². The third kappa shape index (κ3) is 6.14. The molecule has 0 aliphatic carbocycles. The van der Waals surface area contributed by atoms with Crippen LogP contribution < -0.4 is 5.32 Å². The highest BCUT2D eigenvalue weighted by molar-refractivity contribution is 5.78. The molecule has 0 bridgehead atoms. The second kappa shape index (κ2) is 7.59. The highest BCUT2D eigenvalue weighted by Gasteiger charge is 2.00. The van der Waals surface area contributed by atoms with Crippen molar-refractivity contribution in [3.63, 3.8) is 0 Å². The molecule has 0 rings (SSSR count). The number of hydrogen-bond acceptors (Lipinski definition) is 1. The van der Waals surface area contributed by atoms with Gasteiger partial charge in [-0.25, -0.2) is 0 Å². The Morgan fingerprint density at radius 3 is 2.62 bits per heavy atom. The van der Waals surface area contributed by atoms with Gasteiger partial charge < -0.3 is 5.32 Å². The molecular formula is C11H19NO. The molecule has 2 heteroatoms. The number of allylic oxidation sites excluding steroid dienone is 3. The highest BCUT2D eigenvalue weighted by Crippen LogP contribution is 2.07. The van der Waals surface area contributed by atoms with Crippen LogP contribution in [0.25, 0.3) is 0 Å². The van der Waals surface area contributed by atoms with E-state index in [-0.39, 0.29) is 5.91 Å². The van der Waals surface area contributed by atoms with E-state index in [2.05, 4.69) is 24.4 Å². The van der Waals surface area contributed by atoms with Crippen molar-refractivity contribution in [3.8, 4) is 0 Å². The number of carbonyl (C=O) groups excluding carboxylic acids is 1. The number of carbonyl (C=O) groups is 1. The van der Waals surface area contributed by atoms with E-state index in [0.717, 1.165) is 12.8 Å². The van der Waals surface area contributed by atoms with E-state index in [0.29, 0.717) is 6.42 Å². The maximum absolute atomic E-state index is 11.0. The van der Waals surface area contributed by atoms with Crippen molar-refractivity contribution in [2.75, 3.05) is 7.05 Å². The zero-order valence-corrected chi connectivity index (χ0v) is 8.76. The lowest BCUT2D eigenvalue weighted by Gasteiger charge is -2.02. The van der Waals surface area contributed by atoms with Crippen LogP contribution in [0.5, 0.6) is 0 Å². The minimum Gasteiger partial charge on any atom is -0.359 e. The van der Waals surface area contributed by atoms with Gasteiger partial charge in [-0.3, -0.25) is 4.79 Å². The topological polar surface area (TPSA) is 29.1 Å². The van der Waals surface area contributed by atoms with E-state index in [4.69, 9.17) is 0 Å². The first-order chi connectivity index (χ1) is 6.24. The third-order valence-corrected chi connectivity index (χ3v) is 1.90. The van der Waals surface area contributed by atoms with Crippen molar-refractivity contribution in [1.29, 1.82) is 0 Å². The molecule has 1 N–H and O–H groups in total. The summed E-state index contributed by atoms with van der Waals surface area (Å²) in [6, 6.07) is 0. The zero-order chi connectivity index (χ0) is 10.1. The molecule has 0 radical (unpaired) electrons. The first kappa shape index (κ1) is 11.9. The van der Waals surface area contributed by atoms with E-state index < -0.39 is 0 Å². The fourth-order valence-electron chi connectivity index (χ4n) is 1.01. The molecule has 0 saturated heterocycles. The fraction of sp³-hybridized carbons (Fsp3) is 0.545. The minimum atomic E-state index is 0.0913. The highest BCUT2D eigenvalue weighted by atomic mass is 16.1. The fourth-order valence-corrected chi connectivity index (χ4v) is 1.01. The molecule has 0 fully saturated rings. The summed E-state index contributed by atoms with van der Waals surface area (Å²) < 4.78 is 0. The summed E-state index contributed by atoms with van der Waals surface area (Å²) in [5.74, 6) is 0.0913. The van der Waals surface area contributed by atoms with Crippen LogP contribution in [0.4, 0.5) is 0 Å².